The van der Waals surface area contributed by atoms with Gasteiger partial charge in [-0.15, -0.1) is 0 Å². The lowest BCUT2D eigenvalue weighted by Gasteiger charge is -2.59. The van der Waals surface area contributed by atoms with E-state index < -0.39 is 0 Å². The van der Waals surface area contributed by atoms with Gasteiger partial charge in [-0.25, -0.2) is 0 Å². The van der Waals surface area contributed by atoms with Crippen LogP contribution in [0.25, 0.3) is 0 Å². The largest absolute Gasteiger partial charge is 0.469 e. The third kappa shape index (κ3) is 2.51. The molecule has 3 heteroatoms. The van der Waals surface area contributed by atoms with Gasteiger partial charge in [0.25, 0.3) is 0 Å². The molecule has 4 aliphatic rings. The Morgan fingerprint density at radius 2 is 1.80 bits per heavy atom. The first-order valence-electron chi connectivity index (χ1n) is 10.5. The molecule has 0 heterocycles. The molecule has 4 rings (SSSR count). The van der Waals surface area contributed by atoms with Gasteiger partial charge in [0.1, 0.15) is 5.78 Å². The number of esters is 1. The summed E-state index contributed by atoms with van der Waals surface area (Å²) in [5.74, 6) is 2.86. The number of rotatable bonds is 2. The van der Waals surface area contributed by atoms with Crippen LogP contribution in [0, 0.1) is 40.4 Å². The molecule has 0 spiro atoms. The summed E-state index contributed by atoms with van der Waals surface area (Å²) in [5, 5.41) is 0. The summed E-state index contributed by atoms with van der Waals surface area (Å²) in [6, 6.07) is 0. The highest BCUT2D eigenvalue weighted by Crippen LogP contribution is 2.67. The van der Waals surface area contributed by atoms with E-state index in [1.165, 1.54) is 45.6 Å². The van der Waals surface area contributed by atoms with E-state index in [0.717, 1.165) is 19.3 Å². The van der Waals surface area contributed by atoms with Crippen molar-refractivity contribution in [2.45, 2.75) is 78.1 Å². The summed E-state index contributed by atoms with van der Waals surface area (Å²) in [5.41, 5.74) is 0.543. The summed E-state index contributed by atoms with van der Waals surface area (Å²) < 4.78 is 4.95. The zero-order valence-electron chi connectivity index (χ0n) is 16.2. The van der Waals surface area contributed by atoms with Crippen molar-refractivity contribution in [1.29, 1.82) is 0 Å². The van der Waals surface area contributed by atoms with Crippen molar-refractivity contribution in [1.82, 2.24) is 0 Å². The second kappa shape index (κ2) is 6.09. The lowest BCUT2D eigenvalue weighted by atomic mass is 9.44. The van der Waals surface area contributed by atoms with Gasteiger partial charge in [0, 0.05) is 18.8 Å². The van der Waals surface area contributed by atoms with E-state index >= 15 is 0 Å². The number of hydrogen-bond acceptors (Lipinski definition) is 3. The Balaban J connectivity index is 1.61. The molecule has 4 saturated carbocycles. The molecule has 0 amide bonds. The first-order valence-corrected chi connectivity index (χ1v) is 10.5. The highest BCUT2D eigenvalue weighted by atomic mass is 16.5. The summed E-state index contributed by atoms with van der Waals surface area (Å²) >= 11 is 0. The van der Waals surface area contributed by atoms with Gasteiger partial charge in [-0.05, 0) is 73.0 Å². The van der Waals surface area contributed by atoms with Gasteiger partial charge in [-0.3, -0.25) is 9.59 Å². The van der Waals surface area contributed by atoms with Gasteiger partial charge >= 0.3 is 5.97 Å². The SMILES string of the molecule is COC(=O)CC1CCC2C3C(=O)CC4CCCCC4(C)C3CCC12C. The van der Waals surface area contributed by atoms with Crippen LogP contribution in [0.15, 0.2) is 0 Å². The molecule has 140 valence electrons. The first-order chi connectivity index (χ1) is 11.9. The molecular weight excluding hydrogens is 312 g/mol. The molecule has 0 radical (unpaired) electrons. The fourth-order valence-electron chi connectivity index (χ4n) is 7.69. The maximum atomic E-state index is 13.2. The van der Waals surface area contributed by atoms with Gasteiger partial charge in [-0.2, -0.15) is 0 Å². The van der Waals surface area contributed by atoms with Gasteiger partial charge in [0.2, 0.25) is 0 Å². The van der Waals surface area contributed by atoms with E-state index in [4.69, 9.17) is 4.74 Å². The Morgan fingerprint density at radius 1 is 1.04 bits per heavy atom. The average molecular weight is 347 g/mol. The second-order valence-corrected chi connectivity index (χ2v) is 9.96. The summed E-state index contributed by atoms with van der Waals surface area (Å²) in [6.45, 7) is 4.88. The van der Waals surface area contributed by atoms with Crippen LogP contribution in [0.4, 0.5) is 0 Å². The average Bonchev–Trinajstić information content (AvgIpc) is 2.92. The predicted octanol–water partition coefficient (Wildman–Crippen LogP) is 4.78. The van der Waals surface area contributed by atoms with Crippen LogP contribution in [0.1, 0.15) is 78.1 Å². The van der Waals surface area contributed by atoms with E-state index in [2.05, 4.69) is 13.8 Å². The zero-order valence-corrected chi connectivity index (χ0v) is 16.2. The van der Waals surface area contributed by atoms with Crippen LogP contribution < -0.4 is 0 Å². The number of ether oxygens (including phenoxy) is 1. The van der Waals surface area contributed by atoms with Crippen LogP contribution in [0.3, 0.4) is 0 Å². The number of methoxy groups -OCH3 is 1. The molecule has 0 bridgehead atoms. The molecule has 0 aromatic carbocycles. The number of carbonyl (C=O) groups is 2. The first kappa shape index (κ1) is 17.5. The molecule has 25 heavy (non-hydrogen) atoms. The Kier molecular flexibility index (Phi) is 4.28. The van der Waals surface area contributed by atoms with E-state index in [-0.39, 0.29) is 17.3 Å². The minimum Gasteiger partial charge on any atom is -0.469 e. The highest BCUT2D eigenvalue weighted by Gasteiger charge is 2.62. The molecule has 7 atom stereocenters. The van der Waals surface area contributed by atoms with Gasteiger partial charge < -0.3 is 4.74 Å². The number of Topliss-reactive ketones (excluding diaryl/α,β-unsaturated/α-hetero) is 1. The molecule has 0 saturated heterocycles. The zero-order chi connectivity index (χ0) is 17.8. The second-order valence-electron chi connectivity index (χ2n) is 9.96. The smallest absolute Gasteiger partial charge is 0.305 e. The fourth-order valence-corrected chi connectivity index (χ4v) is 7.69. The van der Waals surface area contributed by atoms with Crippen molar-refractivity contribution < 1.29 is 14.3 Å². The van der Waals surface area contributed by atoms with Crippen LogP contribution in [0.5, 0.6) is 0 Å². The number of carbonyl (C=O) groups excluding carboxylic acids is 2. The number of fused-ring (bicyclic) bond motifs is 5. The lowest BCUT2D eigenvalue weighted by Crippen LogP contribution is -2.56. The van der Waals surface area contributed by atoms with E-state index in [9.17, 15) is 9.59 Å². The monoisotopic (exact) mass is 346 g/mol. The molecule has 0 aliphatic heterocycles. The number of ketones is 1. The fraction of sp³-hybridized carbons (Fsp3) is 0.909. The van der Waals surface area contributed by atoms with Crippen molar-refractivity contribution >= 4 is 11.8 Å². The summed E-state index contributed by atoms with van der Waals surface area (Å²) in [4.78, 5) is 25.1. The Labute approximate surface area is 152 Å². The Bertz CT molecular complexity index is 570. The maximum Gasteiger partial charge on any atom is 0.305 e. The maximum absolute atomic E-state index is 13.2. The van der Waals surface area contributed by atoms with E-state index in [1.54, 1.807) is 0 Å². The summed E-state index contributed by atoms with van der Waals surface area (Å²) in [6.07, 6.45) is 11.2. The normalized spacial score (nSPS) is 49.1. The number of hydrogen-bond donors (Lipinski definition) is 0. The Hall–Kier alpha value is -0.860. The third-order valence-electron chi connectivity index (χ3n) is 9.22. The quantitative estimate of drug-likeness (QED) is 0.676. The van der Waals surface area contributed by atoms with Crippen molar-refractivity contribution in [3.63, 3.8) is 0 Å². The van der Waals surface area contributed by atoms with E-state index in [0.29, 0.717) is 41.3 Å². The molecule has 4 fully saturated rings. The lowest BCUT2D eigenvalue weighted by molar-refractivity contribution is -0.156. The minimum atomic E-state index is -0.0803. The van der Waals surface area contributed by atoms with Crippen LogP contribution in [-0.2, 0) is 14.3 Å². The van der Waals surface area contributed by atoms with Crippen LogP contribution in [-0.4, -0.2) is 18.9 Å². The molecule has 0 N–H and O–H groups in total. The molecule has 0 aromatic rings. The Morgan fingerprint density at radius 3 is 2.56 bits per heavy atom. The third-order valence-corrected chi connectivity index (χ3v) is 9.22. The highest BCUT2D eigenvalue weighted by molar-refractivity contribution is 5.83. The minimum absolute atomic E-state index is 0.0803. The van der Waals surface area contributed by atoms with Gasteiger partial charge in [-0.1, -0.05) is 26.7 Å². The molecule has 3 nitrogen and oxygen atoms in total. The van der Waals surface area contributed by atoms with Gasteiger partial charge in [0.05, 0.1) is 7.11 Å². The topological polar surface area (TPSA) is 43.4 Å². The van der Waals surface area contributed by atoms with Crippen LogP contribution >= 0.6 is 0 Å². The van der Waals surface area contributed by atoms with E-state index in [1.807, 2.05) is 0 Å². The summed E-state index contributed by atoms with van der Waals surface area (Å²) in [7, 11) is 1.49. The molecular formula is C22H34O3. The van der Waals surface area contributed by atoms with Crippen molar-refractivity contribution in [3.8, 4) is 0 Å². The molecule has 0 aromatic heterocycles. The standard InChI is InChI=1S/C22H34O3/c1-21-10-5-4-6-14(21)12-18(23)20-16-8-7-15(13-19(24)25-3)22(16,2)11-9-17(20)21/h14-17,20H,4-13H2,1-3H3. The van der Waals surface area contributed by atoms with Gasteiger partial charge in [0.15, 0.2) is 0 Å². The predicted molar refractivity (Wildman–Crippen MR) is 96.9 cm³/mol. The molecule has 4 aliphatic carbocycles. The van der Waals surface area contributed by atoms with Crippen molar-refractivity contribution in [2.24, 2.45) is 40.4 Å². The molecule has 7 unspecified atom stereocenters. The van der Waals surface area contributed by atoms with Crippen molar-refractivity contribution in [3.05, 3.63) is 0 Å². The van der Waals surface area contributed by atoms with Crippen molar-refractivity contribution in [2.75, 3.05) is 7.11 Å². The van der Waals surface area contributed by atoms with Crippen LogP contribution in [0.2, 0.25) is 0 Å².